The number of carbonyl (C=O) groups is 1. The van der Waals surface area contributed by atoms with E-state index in [1.54, 1.807) is 24.5 Å². The Kier molecular flexibility index (Phi) is 5.82. The van der Waals surface area contributed by atoms with E-state index in [9.17, 15) is 4.79 Å². The van der Waals surface area contributed by atoms with E-state index in [1.165, 1.54) is 0 Å². The highest BCUT2D eigenvalue weighted by molar-refractivity contribution is 5.93. The zero-order chi connectivity index (χ0) is 15.4. The summed E-state index contributed by atoms with van der Waals surface area (Å²) >= 11 is 0. The summed E-state index contributed by atoms with van der Waals surface area (Å²) in [6.07, 6.45) is 3.97. The minimum absolute atomic E-state index is 0. The highest BCUT2D eigenvalue weighted by Gasteiger charge is 2.14. The average Bonchev–Trinajstić information content (AvgIpc) is 2.56. The molecule has 5 nitrogen and oxygen atoms in total. The Balaban J connectivity index is 0.00000192. The Morgan fingerprint density at radius 2 is 1.83 bits per heavy atom. The average molecular weight is 335 g/mol. The van der Waals surface area contributed by atoms with Gasteiger partial charge in [-0.3, -0.25) is 9.78 Å². The molecule has 122 valence electrons. The van der Waals surface area contributed by atoms with Gasteiger partial charge in [0.05, 0.1) is 0 Å². The molecular formula is C17H19ClN2O3. The second kappa shape index (κ2) is 7.83. The van der Waals surface area contributed by atoms with E-state index in [-0.39, 0.29) is 18.3 Å². The first-order chi connectivity index (χ1) is 10.7. The standard InChI is InChI=1S/C17H18N2O3.ClH/c1-12-10-15-16(22-9-8-21-15)11-14(12)4-7-19-17(20)13-2-5-18-6-3-13;/h2-3,5-6,10-11H,4,7-9H2,1H3,(H,19,20);1H. The topological polar surface area (TPSA) is 60.5 Å². The van der Waals surface area contributed by atoms with Gasteiger partial charge in [0, 0.05) is 24.5 Å². The SMILES string of the molecule is Cc1cc2c(cc1CCNC(=O)c1ccncc1)OCCO2.Cl. The van der Waals surface area contributed by atoms with Crippen LogP contribution in [0.25, 0.3) is 0 Å². The number of nitrogens with zero attached hydrogens (tertiary/aromatic N) is 1. The Bertz CT molecular complexity index is 677. The van der Waals surface area contributed by atoms with E-state index in [0.29, 0.717) is 25.3 Å². The number of nitrogens with one attached hydrogen (secondary N) is 1. The molecule has 6 heteroatoms. The van der Waals surface area contributed by atoms with E-state index in [4.69, 9.17) is 9.47 Å². The minimum Gasteiger partial charge on any atom is -0.486 e. The highest BCUT2D eigenvalue weighted by atomic mass is 35.5. The van der Waals surface area contributed by atoms with Gasteiger partial charge in [0.15, 0.2) is 11.5 Å². The van der Waals surface area contributed by atoms with E-state index < -0.39 is 0 Å². The highest BCUT2D eigenvalue weighted by Crippen LogP contribution is 2.33. The molecular weight excluding hydrogens is 316 g/mol. The molecule has 0 saturated heterocycles. The molecule has 0 bridgehead atoms. The maximum atomic E-state index is 12.0. The van der Waals surface area contributed by atoms with Crippen LogP contribution >= 0.6 is 12.4 Å². The molecule has 23 heavy (non-hydrogen) atoms. The molecule has 2 heterocycles. The van der Waals surface area contributed by atoms with Crippen LogP contribution in [0.5, 0.6) is 11.5 Å². The first-order valence-electron chi connectivity index (χ1n) is 7.31. The number of fused-ring (bicyclic) bond motifs is 1. The predicted molar refractivity (Wildman–Crippen MR) is 89.7 cm³/mol. The van der Waals surface area contributed by atoms with Crippen molar-refractivity contribution < 1.29 is 14.3 Å². The van der Waals surface area contributed by atoms with Crippen molar-refractivity contribution in [2.75, 3.05) is 19.8 Å². The summed E-state index contributed by atoms with van der Waals surface area (Å²) in [4.78, 5) is 15.9. The number of benzene rings is 1. The van der Waals surface area contributed by atoms with Crippen LogP contribution in [-0.2, 0) is 6.42 Å². The molecule has 0 atom stereocenters. The third kappa shape index (κ3) is 4.13. The van der Waals surface area contributed by atoms with Crippen molar-refractivity contribution in [1.82, 2.24) is 10.3 Å². The Hall–Kier alpha value is -2.27. The predicted octanol–water partition coefficient (Wildman–Crippen LogP) is 2.56. The lowest BCUT2D eigenvalue weighted by molar-refractivity contribution is 0.0954. The van der Waals surface area contributed by atoms with Crippen LogP contribution in [-0.4, -0.2) is 30.6 Å². The number of carbonyl (C=O) groups excluding carboxylic acids is 1. The van der Waals surface area contributed by atoms with Gasteiger partial charge < -0.3 is 14.8 Å². The quantitative estimate of drug-likeness (QED) is 0.933. The number of aromatic nitrogens is 1. The fraction of sp³-hybridized carbons (Fsp3) is 0.294. The Labute approximate surface area is 141 Å². The number of aryl methyl sites for hydroxylation is 1. The van der Waals surface area contributed by atoms with Crippen molar-refractivity contribution in [1.29, 1.82) is 0 Å². The second-order valence-corrected chi connectivity index (χ2v) is 5.16. The number of pyridine rings is 1. The largest absolute Gasteiger partial charge is 0.486 e. The first-order valence-corrected chi connectivity index (χ1v) is 7.31. The molecule has 1 N–H and O–H groups in total. The van der Waals surface area contributed by atoms with Gasteiger partial charge in [0.2, 0.25) is 0 Å². The van der Waals surface area contributed by atoms with Gasteiger partial charge in [-0.2, -0.15) is 0 Å². The maximum Gasteiger partial charge on any atom is 0.251 e. The number of ether oxygens (including phenoxy) is 2. The van der Waals surface area contributed by atoms with Gasteiger partial charge in [0.1, 0.15) is 13.2 Å². The molecule has 0 aliphatic carbocycles. The molecule has 1 amide bonds. The third-order valence-electron chi connectivity index (χ3n) is 3.62. The minimum atomic E-state index is -0.0856. The number of rotatable bonds is 4. The third-order valence-corrected chi connectivity index (χ3v) is 3.62. The molecule has 0 radical (unpaired) electrons. The fourth-order valence-corrected chi connectivity index (χ4v) is 2.42. The van der Waals surface area contributed by atoms with Crippen LogP contribution in [0.15, 0.2) is 36.7 Å². The van der Waals surface area contributed by atoms with Gasteiger partial charge in [-0.05, 0) is 48.7 Å². The Morgan fingerprint density at radius 3 is 2.52 bits per heavy atom. The number of hydrogen-bond acceptors (Lipinski definition) is 4. The van der Waals surface area contributed by atoms with Crippen LogP contribution in [0.2, 0.25) is 0 Å². The molecule has 3 rings (SSSR count). The lowest BCUT2D eigenvalue weighted by atomic mass is 10.0. The lowest BCUT2D eigenvalue weighted by Gasteiger charge is -2.20. The normalized spacial score (nSPS) is 12.2. The molecule has 0 unspecified atom stereocenters. The summed E-state index contributed by atoms with van der Waals surface area (Å²) in [6.45, 7) is 3.78. The Morgan fingerprint density at radius 1 is 1.17 bits per heavy atom. The molecule has 1 aliphatic rings. The number of hydrogen-bond donors (Lipinski definition) is 1. The molecule has 0 spiro atoms. The van der Waals surface area contributed by atoms with Gasteiger partial charge in [-0.1, -0.05) is 0 Å². The van der Waals surface area contributed by atoms with Crippen molar-refractivity contribution in [2.24, 2.45) is 0 Å². The van der Waals surface area contributed by atoms with E-state index in [1.807, 2.05) is 19.1 Å². The van der Waals surface area contributed by atoms with Crippen LogP contribution in [0.1, 0.15) is 21.5 Å². The zero-order valence-electron chi connectivity index (χ0n) is 12.9. The van der Waals surface area contributed by atoms with Crippen LogP contribution in [0.4, 0.5) is 0 Å². The van der Waals surface area contributed by atoms with E-state index in [2.05, 4.69) is 10.3 Å². The van der Waals surface area contributed by atoms with Crippen molar-refractivity contribution >= 4 is 18.3 Å². The summed E-state index contributed by atoms with van der Waals surface area (Å²) in [7, 11) is 0. The van der Waals surface area contributed by atoms with Crippen LogP contribution < -0.4 is 14.8 Å². The molecule has 1 aromatic carbocycles. The van der Waals surface area contributed by atoms with Crippen molar-refractivity contribution in [3.8, 4) is 11.5 Å². The summed E-state index contributed by atoms with van der Waals surface area (Å²) in [5.41, 5.74) is 2.91. The molecule has 0 fully saturated rings. The van der Waals surface area contributed by atoms with Crippen molar-refractivity contribution in [2.45, 2.75) is 13.3 Å². The smallest absolute Gasteiger partial charge is 0.251 e. The summed E-state index contributed by atoms with van der Waals surface area (Å²) in [5.74, 6) is 1.50. The summed E-state index contributed by atoms with van der Waals surface area (Å²) < 4.78 is 11.2. The van der Waals surface area contributed by atoms with Crippen LogP contribution in [0.3, 0.4) is 0 Å². The second-order valence-electron chi connectivity index (χ2n) is 5.16. The van der Waals surface area contributed by atoms with Gasteiger partial charge in [0.25, 0.3) is 5.91 Å². The number of amides is 1. The van der Waals surface area contributed by atoms with Gasteiger partial charge >= 0.3 is 0 Å². The van der Waals surface area contributed by atoms with Crippen molar-refractivity contribution in [3.63, 3.8) is 0 Å². The zero-order valence-corrected chi connectivity index (χ0v) is 13.7. The maximum absolute atomic E-state index is 12.0. The molecule has 2 aromatic rings. The van der Waals surface area contributed by atoms with Gasteiger partial charge in [-0.15, -0.1) is 12.4 Å². The molecule has 1 aliphatic heterocycles. The first kappa shape index (κ1) is 17.1. The summed E-state index contributed by atoms with van der Waals surface area (Å²) in [5, 5.41) is 2.92. The monoisotopic (exact) mass is 334 g/mol. The van der Waals surface area contributed by atoms with E-state index in [0.717, 1.165) is 29.0 Å². The number of halogens is 1. The van der Waals surface area contributed by atoms with Crippen molar-refractivity contribution in [3.05, 3.63) is 53.3 Å². The van der Waals surface area contributed by atoms with Gasteiger partial charge in [-0.25, -0.2) is 0 Å². The summed E-state index contributed by atoms with van der Waals surface area (Å²) in [6, 6.07) is 7.40. The van der Waals surface area contributed by atoms with Crippen LogP contribution in [0, 0.1) is 6.92 Å². The van der Waals surface area contributed by atoms with E-state index >= 15 is 0 Å². The lowest BCUT2D eigenvalue weighted by Crippen LogP contribution is -2.26. The molecule has 1 aromatic heterocycles. The molecule has 0 saturated carbocycles. The fourth-order valence-electron chi connectivity index (χ4n) is 2.42.